The van der Waals surface area contributed by atoms with E-state index in [-0.39, 0.29) is 0 Å². The van der Waals surface area contributed by atoms with Crippen molar-refractivity contribution in [1.29, 1.82) is 0 Å². The molecule has 0 bridgehead atoms. The second kappa shape index (κ2) is 5.86. The lowest BCUT2D eigenvalue weighted by Crippen LogP contribution is -2.29. The van der Waals surface area contributed by atoms with E-state index in [1.54, 1.807) is 11.3 Å². The van der Waals surface area contributed by atoms with Crippen molar-refractivity contribution in [2.75, 3.05) is 6.54 Å². The number of aryl methyl sites for hydroxylation is 2. The van der Waals surface area contributed by atoms with Gasteiger partial charge in [-0.3, -0.25) is 4.40 Å². The van der Waals surface area contributed by atoms with Gasteiger partial charge in [0.25, 0.3) is 0 Å². The van der Waals surface area contributed by atoms with E-state index >= 15 is 0 Å². The highest BCUT2D eigenvalue weighted by Gasteiger charge is 2.21. The van der Waals surface area contributed by atoms with Gasteiger partial charge in [0.2, 0.25) is 0 Å². The molecule has 2 aromatic heterocycles. The van der Waals surface area contributed by atoms with Crippen LogP contribution in [0.2, 0.25) is 0 Å². The highest BCUT2D eigenvalue weighted by molar-refractivity contribution is 7.15. The highest BCUT2D eigenvalue weighted by atomic mass is 32.1. The molecule has 0 aliphatic heterocycles. The summed E-state index contributed by atoms with van der Waals surface area (Å²) in [6.45, 7) is 8.79. The molecule has 2 unspecified atom stereocenters. The molecule has 2 heterocycles. The van der Waals surface area contributed by atoms with Gasteiger partial charge >= 0.3 is 0 Å². The van der Waals surface area contributed by atoms with Crippen molar-refractivity contribution in [3.63, 3.8) is 0 Å². The van der Waals surface area contributed by atoms with E-state index in [9.17, 15) is 0 Å². The van der Waals surface area contributed by atoms with Crippen LogP contribution in [0.15, 0.2) is 5.38 Å². The lowest BCUT2D eigenvalue weighted by Gasteiger charge is -2.28. The maximum atomic E-state index is 4.66. The van der Waals surface area contributed by atoms with Crippen molar-refractivity contribution in [2.24, 2.45) is 11.8 Å². The van der Waals surface area contributed by atoms with E-state index in [1.807, 2.05) is 0 Å². The Kier molecular flexibility index (Phi) is 4.13. The van der Waals surface area contributed by atoms with Gasteiger partial charge in [-0.25, -0.2) is 4.98 Å². The zero-order chi connectivity index (χ0) is 14.1. The van der Waals surface area contributed by atoms with Crippen molar-refractivity contribution >= 4 is 16.3 Å². The van der Waals surface area contributed by atoms with E-state index in [0.29, 0.717) is 0 Å². The monoisotopic (exact) mass is 291 g/mol. The third-order valence-electron chi connectivity index (χ3n) is 4.82. The molecule has 20 heavy (non-hydrogen) atoms. The van der Waals surface area contributed by atoms with Crippen LogP contribution in [0.4, 0.5) is 0 Å². The summed E-state index contributed by atoms with van der Waals surface area (Å²) in [5.74, 6) is 1.74. The molecule has 3 nitrogen and oxygen atoms in total. The number of nitrogens with zero attached hydrogens (tertiary/aromatic N) is 2. The van der Waals surface area contributed by atoms with Gasteiger partial charge in [0.15, 0.2) is 4.96 Å². The number of hydrogen-bond acceptors (Lipinski definition) is 3. The molecular weight excluding hydrogens is 266 g/mol. The van der Waals surface area contributed by atoms with Crippen LogP contribution >= 0.6 is 11.3 Å². The standard InChI is InChI=1S/C16H25N3S/c1-11-6-4-5-7-14(11)8-17-9-15-13(3)18-16-19(15)12(2)10-20-16/h10-11,14,17H,4-9H2,1-3H3. The van der Waals surface area contributed by atoms with Crippen LogP contribution in [0.1, 0.15) is 49.7 Å². The SMILES string of the molecule is Cc1nc2scc(C)n2c1CNCC1CCCCC1C. The molecule has 2 aromatic rings. The van der Waals surface area contributed by atoms with Gasteiger partial charge in [-0.05, 0) is 38.6 Å². The average Bonchev–Trinajstić information content (AvgIpc) is 2.93. The van der Waals surface area contributed by atoms with E-state index in [2.05, 4.69) is 40.9 Å². The van der Waals surface area contributed by atoms with Gasteiger partial charge in [0.1, 0.15) is 0 Å². The molecule has 1 aliphatic rings. The third-order valence-corrected chi connectivity index (χ3v) is 5.76. The second-order valence-corrected chi connectivity index (χ2v) is 7.13. The highest BCUT2D eigenvalue weighted by Crippen LogP contribution is 2.29. The minimum Gasteiger partial charge on any atom is -0.311 e. The topological polar surface area (TPSA) is 29.3 Å². The quantitative estimate of drug-likeness (QED) is 0.925. The van der Waals surface area contributed by atoms with Gasteiger partial charge < -0.3 is 5.32 Å². The van der Waals surface area contributed by atoms with Crippen molar-refractivity contribution in [3.05, 3.63) is 22.5 Å². The second-order valence-electron chi connectivity index (χ2n) is 6.29. The van der Waals surface area contributed by atoms with E-state index in [0.717, 1.165) is 29.9 Å². The van der Waals surface area contributed by atoms with Crippen LogP contribution in [-0.4, -0.2) is 15.9 Å². The zero-order valence-corrected chi connectivity index (χ0v) is 13.6. The molecular formula is C16H25N3S. The number of imidazole rings is 1. The third kappa shape index (κ3) is 2.63. The van der Waals surface area contributed by atoms with Gasteiger partial charge in [-0.2, -0.15) is 0 Å². The van der Waals surface area contributed by atoms with E-state index < -0.39 is 0 Å². The molecule has 0 spiro atoms. The molecule has 0 radical (unpaired) electrons. The van der Waals surface area contributed by atoms with Crippen molar-refractivity contribution in [2.45, 2.75) is 53.0 Å². The number of aromatic nitrogens is 2. The minimum atomic E-state index is 0.857. The zero-order valence-electron chi connectivity index (χ0n) is 12.8. The fourth-order valence-corrected chi connectivity index (χ4v) is 4.38. The maximum absolute atomic E-state index is 4.66. The van der Waals surface area contributed by atoms with E-state index in [4.69, 9.17) is 0 Å². The van der Waals surface area contributed by atoms with Crippen molar-refractivity contribution < 1.29 is 0 Å². The fourth-order valence-electron chi connectivity index (χ4n) is 3.45. The average molecular weight is 291 g/mol. The van der Waals surface area contributed by atoms with Crippen LogP contribution in [0, 0.1) is 25.7 Å². The first-order chi connectivity index (χ1) is 9.66. The molecule has 0 saturated heterocycles. The molecule has 0 amide bonds. The molecule has 3 rings (SSSR count). The lowest BCUT2D eigenvalue weighted by atomic mass is 9.80. The minimum absolute atomic E-state index is 0.857. The van der Waals surface area contributed by atoms with Gasteiger partial charge in [0, 0.05) is 17.6 Å². The normalized spacial score (nSPS) is 23.6. The Labute approximate surface area is 125 Å². The van der Waals surface area contributed by atoms with Crippen LogP contribution in [0.25, 0.3) is 4.96 Å². The lowest BCUT2D eigenvalue weighted by molar-refractivity contribution is 0.247. The number of fused-ring (bicyclic) bond motifs is 1. The Hall–Kier alpha value is -0.870. The summed E-state index contributed by atoms with van der Waals surface area (Å²) < 4.78 is 2.30. The first-order valence-corrected chi connectivity index (χ1v) is 8.67. The summed E-state index contributed by atoms with van der Waals surface area (Å²) in [6, 6.07) is 0. The molecule has 1 aliphatic carbocycles. The predicted molar refractivity (Wildman–Crippen MR) is 85.4 cm³/mol. The summed E-state index contributed by atoms with van der Waals surface area (Å²) in [4.78, 5) is 5.78. The molecule has 1 N–H and O–H groups in total. The van der Waals surface area contributed by atoms with Crippen LogP contribution in [-0.2, 0) is 6.54 Å². The van der Waals surface area contributed by atoms with Gasteiger partial charge in [0.05, 0.1) is 11.4 Å². The molecule has 2 atom stereocenters. The van der Waals surface area contributed by atoms with Crippen molar-refractivity contribution in [3.8, 4) is 0 Å². The molecule has 4 heteroatoms. The number of thiazole rings is 1. The van der Waals surface area contributed by atoms with Gasteiger partial charge in [-0.15, -0.1) is 11.3 Å². The summed E-state index contributed by atoms with van der Waals surface area (Å²) >= 11 is 1.73. The Bertz CT molecular complexity index is 584. The predicted octanol–water partition coefficient (Wildman–Crippen LogP) is 3.93. The Morgan fingerprint density at radius 1 is 1.35 bits per heavy atom. The summed E-state index contributed by atoms with van der Waals surface area (Å²) in [5, 5.41) is 5.87. The molecule has 110 valence electrons. The Morgan fingerprint density at radius 2 is 2.15 bits per heavy atom. The summed E-state index contributed by atoms with van der Waals surface area (Å²) in [5.41, 5.74) is 3.81. The summed E-state index contributed by atoms with van der Waals surface area (Å²) in [7, 11) is 0. The van der Waals surface area contributed by atoms with Crippen molar-refractivity contribution in [1.82, 2.24) is 14.7 Å². The molecule has 1 saturated carbocycles. The van der Waals surface area contributed by atoms with Crippen LogP contribution < -0.4 is 5.32 Å². The number of hydrogen-bond donors (Lipinski definition) is 1. The van der Waals surface area contributed by atoms with Crippen LogP contribution in [0.3, 0.4) is 0 Å². The Morgan fingerprint density at radius 3 is 2.95 bits per heavy atom. The maximum Gasteiger partial charge on any atom is 0.194 e. The largest absolute Gasteiger partial charge is 0.311 e. The number of rotatable bonds is 4. The molecule has 0 aromatic carbocycles. The Balaban J connectivity index is 1.65. The first kappa shape index (κ1) is 14.1. The first-order valence-electron chi connectivity index (χ1n) is 7.79. The smallest absolute Gasteiger partial charge is 0.194 e. The fraction of sp³-hybridized carbons (Fsp3) is 0.688. The van der Waals surface area contributed by atoms with Gasteiger partial charge in [-0.1, -0.05) is 26.2 Å². The van der Waals surface area contributed by atoms with E-state index in [1.165, 1.54) is 42.8 Å². The molecule has 1 fully saturated rings. The summed E-state index contributed by atoms with van der Waals surface area (Å²) in [6.07, 6.45) is 5.64. The number of nitrogens with one attached hydrogen (secondary N) is 1. The van der Waals surface area contributed by atoms with Crippen LogP contribution in [0.5, 0.6) is 0 Å².